The summed E-state index contributed by atoms with van der Waals surface area (Å²) < 4.78 is 5.26. The second kappa shape index (κ2) is 9.40. The first-order valence-corrected chi connectivity index (χ1v) is 8.66. The van der Waals surface area contributed by atoms with Crippen LogP contribution in [0.5, 0.6) is 5.75 Å². The molecule has 1 unspecified atom stereocenters. The molecule has 128 valence electrons. The summed E-state index contributed by atoms with van der Waals surface area (Å²) in [5, 5.41) is 6.82. The molecule has 1 aromatic carbocycles. The summed E-state index contributed by atoms with van der Waals surface area (Å²) in [5.41, 5.74) is 1.15. The molecule has 1 fully saturated rings. The molecule has 0 aromatic heterocycles. The number of aliphatic imine (C=N–C) groups is 1. The SMILES string of the molecule is CCNC(=NCc1cccc(OC)c1)NCC1CCCN1CC. The van der Waals surface area contributed by atoms with Crippen LogP contribution in [0.1, 0.15) is 32.3 Å². The monoisotopic (exact) mass is 318 g/mol. The van der Waals surface area contributed by atoms with Gasteiger partial charge >= 0.3 is 0 Å². The van der Waals surface area contributed by atoms with Crippen molar-refractivity contribution in [3.8, 4) is 5.75 Å². The lowest BCUT2D eigenvalue weighted by atomic mass is 10.2. The van der Waals surface area contributed by atoms with E-state index in [-0.39, 0.29) is 0 Å². The number of hydrogen-bond acceptors (Lipinski definition) is 3. The Hall–Kier alpha value is -1.75. The molecule has 1 heterocycles. The quantitative estimate of drug-likeness (QED) is 0.598. The van der Waals surface area contributed by atoms with Crippen molar-refractivity contribution >= 4 is 5.96 Å². The minimum Gasteiger partial charge on any atom is -0.497 e. The van der Waals surface area contributed by atoms with E-state index in [1.54, 1.807) is 7.11 Å². The second-order valence-corrected chi connectivity index (χ2v) is 5.85. The Balaban J connectivity index is 1.91. The van der Waals surface area contributed by atoms with Crippen LogP contribution in [0, 0.1) is 0 Å². The fourth-order valence-electron chi connectivity index (χ4n) is 3.04. The number of methoxy groups -OCH3 is 1. The van der Waals surface area contributed by atoms with Gasteiger partial charge in [-0.05, 0) is 50.6 Å². The van der Waals surface area contributed by atoms with Gasteiger partial charge in [0, 0.05) is 19.1 Å². The van der Waals surface area contributed by atoms with Crippen molar-refractivity contribution in [2.24, 2.45) is 4.99 Å². The van der Waals surface area contributed by atoms with Gasteiger partial charge in [0.05, 0.1) is 13.7 Å². The van der Waals surface area contributed by atoms with E-state index in [1.807, 2.05) is 18.2 Å². The van der Waals surface area contributed by atoms with Crippen molar-refractivity contribution in [1.82, 2.24) is 15.5 Å². The van der Waals surface area contributed by atoms with Crippen molar-refractivity contribution in [3.05, 3.63) is 29.8 Å². The smallest absolute Gasteiger partial charge is 0.191 e. The molecule has 1 atom stereocenters. The van der Waals surface area contributed by atoms with E-state index in [2.05, 4.69) is 35.4 Å². The first-order chi connectivity index (χ1) is 11.3. The molecule has 0 spiro atoms. The molecule has 2 rings (SSSR count). The van der Waals surface area contributed by atoms with Gasteiger partial charge in [-0.3, -0.25) is 4.90 Å². The maximum absolute atomic E-state index is 5.26. The summed E-state index contributed by atoms with van der Waals surface area (Å²) in [5.74, 6) is 1.76. The zero-order valence-electron chi connectivity index (χ0n) is 14.6. The van der Waals surface area contributed by atoms with E-state index in [0.29, 0.717) is 12.6 Å². The van der Waals surface area contributed by atoms with Crippen LogP contribution in [0.3, 0.4) is 0 Å². The Kier molecular flexibility index (Phi) is 7.20. The summed E-state index contributed by atoms with van der Waals surface area (Å²) in [6, 6.07) is 8.69. The number of likely N-dealkylation sites (tertiary alicyclic amines) is 1. The van der Waals surface area contributed by atoms with Gasteiger partial charge in [-0.2, -0.15) is 0 Å². The molecule has 0 saturated carbocycles. The first-order valence-electron chi connectivity index (χ1n) is 8.66. The zero-order chi connectivity index (χ0) is 16.5. The van der Waals surface area contributed by atoms with Crippen molar-refractivity contribution in [3.63, 3.8) is 0 Å². The van der Waals surface area contributed by atoms with E-state index in [1.165, 1.54) is 19.4 Å². The van der Waals surface area contributed by atoms with Gasteiger partial charge in [-0.25, -0.2) is 4.99 Å². The first kappa shape index (κ1) is 17.6. The van der Waals surface area contributed by atoms with Gasteiger partial charge in [-0.1, -0.05) is 19.1 Å². The summed E-state index contributed by atoms with van der Waals surface area (Å²) >= 11 is 0. The lowest BCUT2D eigenvalue weighted by Gasteiger charge is -2.24. The Labute approximate surface area is 140 Å². The summed E-state index contributed by atoms with van der Waals surface area (Å²) in [7, 11) is 1.69. The highest BCUT2D eigenvalue weighted by molar-refractivity contribution is 5.79. The average Bonchev–Trinajstić information content (AvgIpc) is 3.05. The molecule has 1 aliphatic heterocycles. The van der Waals surface area contributed by atoms with Crippen LogP contribution in [0.15, 0.2) is 29.3 Å². The molecule has 5 heteroatoms. The normalized spacial score (nSPS) is 18.9. The molecule has 1 aromatic rings. The minimum absolute atomic E-state index is 0.626. The van der Waals surface area contributed by atoms with Crippen LogP contribution in [-0.4, -0.2) is 50.2 Å². The molecule has 2 N–H and O–H groups in total. The fourth-order valence-corrected chi connectivity index (χ4v) is 3.04. The van der Waals surface area contributed by atoms with Gasteiger partial charge in [0.25, 0.3) is 0 Å². The molecule has 1 saturated heterocycles. The molecule has 0 aliphatic carbocycles. The predicted octanol–water partition coefficient (Wildman–Crippen LogP) is 2.23. The number of nitrogens with zero attached hydrogens (tertiary/aromatic N) is 2. The maximum atomic E-state index is 5.26. The molecule has 5 nitrogen and oxygen atoms in total. The highest BCUT2D eigenvalue weighted by Crippen LogP contribution is 2.15. The van der Waals surface area contributed by atoms with Gasteiger partial charge in [0.2, 0.25) is 0 Å². The van der Waals surface area contributed by atoms with E-state index >= 15 is 0 Å². The number of likely N-dealkylation sites (N-methyl/N-ethyl adjacent to an activating group) is 1. The van der Waals surface area contributed by atoms with E-state index in [0.717, 1.165) is 36.9 Å². The van der Waals surface area contributed by atoms with Crippen molar-refractivity contribution in [2.45, 2.75) is 39.3 Å². The number of rotatable bonds is 7. The third-order valence-corrected chi connectivity index (χ3v) is 4.31. The Morgan fingerprint density at radius 1 is 1.35 bits per heavy atom. The third kappa shape index (κ3) is 5.43. The second-order valence-electron chi connectivity index (χ2n) is 5.85. The third-order valence-electron chi connectivity index (χ3n) is 4.31. The predicted molar refractivity (Wildman–Crippen MR) is 96.1 cm³/mol. The molecule has 23 heavy (non-hydrogen) atoms. The highest BCUT2D eigenvalue weighted by atomic mass is 16.5. The molecule has 0 bridgehead atoms. The minimum atomic E-state index is 0.626. The molecule has 1 aliphatic rings. The Morgan fingerprint density at radius 2 is 2.22 bits per heavy atom. The largest absolute Gasteiger partial charge is 0.497 e. The van der Waals surface area contributed by atoms with E-state index in [4.69, 9.17) is 9.73 Å². The lowest BCUT2D eigenvalue weighted by molar-refractivity contribution is 0.267. The van der Waals surface area contributed by atoms with Crippen LogP contribution < -0.4 is 15.4 Å². The number of guanidine groups is 1. The topological polar surface area (TPSA) is 48.9 Å². The van der Waals surface area contributed by atoms with Crippen molar-refractivity contribution in [1.29, 1.82) is 0 Å². The zero-order valence-corrected chi connectivity index (χ0v) is 14.6. The van der Waals surface area contributed by atoms with E-state index in [9.17, 15) is 0 Å². The number of ether oxygens (including phenoxy) is 1. The summed E-state index contributed by atoms with van der Waals surface area (Å²) in [6.45, 7) is 9.15. The molecular formula is C18H30N4O. The fraction of sp³-hybridized carbons (Fsp3) is 0.611. The summed E-state index contributed by atoms with van der Waals surface area (Å²) in [4.78, 5) is 7.23. The molecule has 0 amide bonds. The number of benzene rings is 1. The van der Waals surface area contributed by atoms with Crippen LogP contribution in [0.25, 0.3) is 0 Å². The molecule has 0 radical (unpaired) electrons. The lowest BCUT2D eigenvalue weighted by Crippen LogP contribution is -2.44. The number of nitrogens with one attached hydrogen (secondary N) is 2. The standard InChI is InChI=1S/C18H30N4O/c1-4-19-18(21-14-16-9-7-11-22(16)5-2)20-13-15-8-6-10-17(12-15)23-3/h6,8,10,12,16H,4-5,7,9,11,13-14H2,1-3H3,(H2,19,20,21). The average molecular weight is 318 g/mol. The van der Waals surface area contributed by atoms with Gasteiger partial charge in [0.1, 0.15) is 5.75 Å². The molecular weight excluding hydrogens is 288 g/mol. The summed E-state index contributed by atoms with van der Waals surface area (Å²) in [6.07, 6.45) is 2.58. The van der Waals surface area contributed by atoms with Crippen LogP contribution in [0.2, 0.25) is 0 Å². The van der Waals surface area contributed by atoms with Gasteiger partial charge < -0.3 is 15.4 Å². The Bertz CT molecular complexity index is 504. The van der Waals surface area contributed by atoms with E-state index < -0.39 is 0 Å². The van der Waals surface area contributed by atoms with Crippen LogP contribution >= 0.6 is 0 Å². The van der Waals surface area contributed by atoms with Gasteiger partial charge in [-0.15, -0.1) is 0 Å². The number of hydrogen-bond donors (Lipinski definition) is 2. The highest BCUT2D eigenvalue weighted by Gasteiger charge is 2.22. The van der Waals surface area contributed by atoms with Crippen molar-refractivity contribution in [2.75, 3.05) is 33.3 Å². The van der Waals surface area contributed by atoms with Crippen LogP contribution in [-0.2, 0) is 6.54 Å². The maximum Gasteiger partial charge on any atom is 0.191 e. The van der Waals surface area contributed by atoms with Gasteiger partial charge in [0.15, 0.2) is 5.96 Å². The van der Waals surface area contributed by atoms with Crippen molar-refractivity contribution < 1.29 is 4.74 Å². The Morgan fingerprint density at radius 3 is 2.96 bits per heavy atom. The van der Waals surface area contributed by atoms with Crippen LogP contribution in [0.4, 0.5) is 0 Å².